The lowest BCUT2D eigenvalue weighted by Gasteiger charge is -2.12. The first-order valence-corrected chi connectivity index (χ1v) is 7.18. The van der Waals surface area contributed by atoms with Crippen molar-refractivity contribution in [2.45, 2.75) is 19.5 Å². The second kappa shape index (κ2) is 5.08. The van der Waals surface area contributed by atoms with Crippen molar-refractivity contribution in [2.24, 2.45) is 0 Å². The SMILES string of the molecule is CN1CCc2cc(CNCc3cscn3)ccc21. The maximum atomic E-state index is 4.26. The molecule has 1 aromatic heterocycles. The average Bonchev–Trinajstić information content (AvgIpc) is 3.00. The van der Waals surface area contributed by atoms with Gasteiger partial charge in [0.2, 0.25) is 0 Å². The molecule has 1 aromatic carbocycles. The topological polar surface area (TPSA) is 28.2 Å². The summed E-state index contributed by atoms with van der Waals surface area (Å²) in [7, 11) is 2.16. The third kappa shape index (κ3) is 2.40. The van der Waals surface area contributed by atoms with Gasteiger partial charge in [0.15, 0.2) is 0 Å². The van der Waals surface area contributed by atoms with Gasteiger partial charge in [-0.25, -0.2) is 4.98 Å². The third-order valence-corrected chi connectivity index (χ3v) is 4.03. The predicted octanol–water partition coefficient (Wildman–Crippen LogP) is 2.43. The highest BCUT2D eigenvalue weighted by atomic mass is 32.1. The molecule has 94 valence electrons. The predicted molar refractivity (Wildman–Crippen MR) is 76.1 cm³/mol. The van der Waals surface area contributed by atoms with E-state index in [2.05, 4.69) is 45.8 Å². The number of nitrogens with zero attached hydrogens (tertiary/aromatic N) is 2. The van der Waals surface area contributed by atoms with Gasteiger partial charge in [-0.3, -0.25) is 0 Å². The van der Waals surface area contributed by atoms with Gasteiger partial charge in [-0.05, 0) is 23.6 Å². The Morgan fingerprint density at radius 2 is 2.33 bits per heavy atom. The first kappa shape index (κ1) is 11.7. The van der Waals surface area contributed by atoms with E-state index in [0.29, 0.717) is 0 Å². The Bertz CT molecular complexity index is 522. The van der Waals surface area contributed by atoms with Gasteiger partial charge in [0.1, 0.15) is 0 Å². The number of thiazole rings is 1. The first-order chi connectivity index (χ1) is 8.83. The van der Waals surface area contributed by atoms with Crippen LogP contribution < -0.4 is 10.2 Å². The molecular weight excluding hydrogens is 242 g/mol. The van der Waals surface area contributed by atoms with Crippen LogP contribution in [-0.4, -0.2) is 18.6 Å². The van der Waals surface area contributed by atoms with E-state index in [1.807, 2.05) is 5.51 Å². The lowest BCUT2D eigenvalue weighted by Crippen LogP contribution is -2.13. The molecule has 2 aromatic rings. The summed E-state index contributed by atoms with van der Waals surface area (Å²) in [4.78, 5) is 6.59. The number of likely N-dealkylation sites (N-methyl/N-ethyl adjacent to an activating group) is 1. The molecule has 0 saturated carbocycles. The molecule has 0 radical (unpaired) electrons. The molecule has 1 aliphatic heterocycles. The minimum absolute atomic E-state index is 0.848. The molecule has 1 N–H and O–H groups in total. The van der Waals surface area contributed by atoms with Gasteiger partial charge in [0.05, 0.1) is 11.2 Å². The van der Waals surface area contributed by atoms with Gasteiger partial charge in [-0.15, -0.1) is 11.3 Å². The van der Waals surface area contributed by atoms with Crippen LogP contribution >= 0.6 is 11.3 Å². The zero-order chi connectivity index (χ0) is 12.4. The zero-order valence-corrected chi connectivity index (χ0v) is 11.3. The Kier molecular flexibility index (Phi) is 3.30. The van der Waals surface area contributed by atoms with E-state index in [1.165, 1.54) is 23.2 Å². The molecule has 3 nitrogen and oxygen atoms in total. The maximum absolute atomic E-state index is 4.26. The Labute approximate surface area is 111 Å². The van der Waals surface area contributed by atoms with Crippen LogP contribution in [0.3, 0.4) is 0 Å². The molecular formula is C14H17N3S. The Hall–Kier alpha value is -1.39. The van der Waals surface area contributed by atoms with Gasteiger partial charge < -0.3 is 10.2 Å². The summed E-state index contributed by atoms with van der Waals surface area (Å²) in [5, 5.41) is 5.52. The van der Waals surface area contributed by atoms with E-state index in [1.54, 1.807) is 11.3 Å². The molecule has 0 spiro atoms. The molecule has 0 bridgehead atoms. The van der Waals surface area contributed by atoms with Crippen LogP contribution in [0.2, 0.25) is 0 Å². The number of anilines is 1. The number of fused-ring (bicyclic) bond motifs is 1. The summed E-state index contributed by atoms with van der Waals surface area (Å²) in [5.41, 5.74) is 7.23. The summed E-state index contributed by atoms with van der Waals surface area (Å²) in [6.45, 7) is 2.90. The smallest absolute Gasteiger partial charge is 0.0795 e. The van der Waals surface area contributed by atoms with Gasteiger partial charge in [-0.1, -0.05) is 12.1 Å². The number of rotatable bonds is 4. The number of hydrogen-bond donors (Lipinski definition) is 1. The van der Waals surface area contributed by atoms with E-state index in [4.69, 9.17) is 0 Å². The first-order valence-electron chi connectivity index (χ1n) is 6.23. The van der Waals surface area contributed by atoms with Crippen molar-refractivity contribution in [3.63, 3.8) is 0 Å². The molecule has 0 saturated heterocycles. The molecule has 18 heavy (non-hydrogen) atoms. The van der Waals surface area contributed by atoms with Gasteiger partial charge in [0.25, 0.3) is 0 Å². The highest BCUT2D eigenvalue weighted by Gasteiger charge is 2.15. The normalized spacial score (nSPS) is 13.9. The van der Waals surface area contributed by atoms with Crippen molar-refractivity contribution >= 4 is 17.0 Å². The van der Waals surface area contributed by atoms with Gasteiger partial charge in [0, 0.05) is 37.7 Å². The van der Waals surface area contributed by atoms with Crippen molar-refractivity contribution in [3.05, 3.63) is 45.9 Å². The fourth-order valence-electron chi connectivity index (χ4n) is 2.39. The van der Waals surface area contributed by atoms with Crippen LogP contribution in [0, 0.1) is 0 Å². The second-order valence-corrected chi connectivity index (χ2v) is 5.44. The molecule has 0 atom stereocenters. The minimum atomic E-state index is 0.848. The van der Waals surface area contributed by atoms with Crippen molar-refractivity contribution in [2.75, 3.05) is 18.5 Å². The molecule has 3 rings (SSSR count). The number of hydrogen-bond acceptors (Lipinski definition) is 4. The Morgan fingerprint density at radius 1 is 1.39 bits per heavy atom. The molecule has 0 amide bonds. The monoisotopic (exact) mass is 259 g/mol. The van der Waals surface area contributed by atoms with E-state index in [0.717, 1.165) is 25.3 Å². The van der Waals surface area contributed by atoms with Crippen molar-refractivity contribution in [3.8, 4) is 0 Å². The van der Waals surface area contributed by atoms with Crippen LogP contribution in [0.1, 0.15) is 16.8 Å². The van der Waals surface area contributed by atoms with Gasteiger partial charge >= 0.3 is 0 Å². The van der Waals surface area contributed by atoms with Crippen LogP contribution in [0.5, 0.6) is 0 Å². The minimum Gasteiger partial charge on any atom is -0.374 e. The average molecular weight is 259 g/mol. The zero-order valence-electron chi connectivity index (χ0n) is 10.5. The number of aromatic nitrogens is 1. The van der Waals surface area contributed by atoms with E-state index in [9.17, 15) is 0 Å². The summed E-state index contributed by atoms with van der Waals surface area (Å²) < 4.78 is 0. The number of nitrogens with one attached hydrogen (secondary N) is 1. The summed E-state index contributed by atoms with van der Waals surface area (Å²) in [6, 6.07) is 6.78. The van der Waals surface area contributed by atoms with Crippen LogP contribution in [0.15, 0.2) is 29.1 Å². The molecule has 0 aliphatic carbocycles. The molecule has 1 aliphatic rings. The van der Waals surface area contributed by atoms with E-state index >= 15 is 0 Å². The van der Waals surface area contributed by atoms with E-state index in [-0.39, 0.29) is 0 Å². The molecule has 0 fully saturated rings. The Morgan fingerprint density at radius 3 is 3.17 bits per heavy atom. The standard InChI is InChI=1S/C14H17N3S/c1-17-5-4-12-6-11(2-3-14(12)17)7-15-8-13-9-18-10-16-13/h2-3,6,9-10,15H,4-5,7-8H2,1H3. The summed E-state index contributed by atoms with van der Waals surface area (Å²) >= 11 is 1.65. The lowest BCUT2D eigenvalue weighted by atomic mass is 10.1. The van der Waals surface area contributed by atoms with Crippen molar-refractivity contribution in [1.29, 1.82) is 0 Å². The fraction of sp³-hybridized carbons (Fsp3) is 0.357. The maximum Gasteiger partial charge on any atom is 0.0795 e. The molecule has 2 heterocycles. The van der Waals surface area contributed by atoms with Gasteiger partial charge in [-0.2, -0.15) is 0 Å². The Balaban J connectivity index is 1.60. The van der Waals surface area contributed by atoms with Crippen LogP contribution in [-0.2, 0) is 19.5 Å². The second-order valence-electron chi connectivity index (χ2n) is 4.72. The highest BCUT2D eigenvalue weighted by molar-refractivity contribution is 7.07. The summed E-state index contributed by atoms with van der Waals surface area (Å²) in [6.07, 6.45) is 1.17. The summed E-state index contributed by atoms with van der Waals surface area (Å²) in [5.74, 6) is 0. The van der Waals surface area contributed by atoms with Crippen LogP contribution in [0.25, 0.3) is 0 Å². The highest BCUT2D eigenvalue weighted by Crippen LogP contribution is 2.27. The fourth-order valence-corrected chi connectivity index (χ4v) is 2.95. The lowest BCUT2D eigenvalue weighted by molar-refractivity contribution is 0.682. The third-order valence-electron chi connectivity index (χ3n) is 3.39. The number of benzene rings is 1. The molecule has 4 heteroatoms. The quantitative estimate of drug-likeness (QED) is 0.914. The van der Waals surface area contributed by atoms with Crippen molar-refractivity contribution in [1.82, 2.24) is 10.3 Å². The van der Waals surface area contributed by atoms with Crippen molar-refractivity contribution < 1.29 is 0 Å². The van der Waals surface area contributed by atoms with Crippen LogP contribution in [0.4, 0.5) is 5.69 Å². The van der Waals surface area contributed by atoms with E-state index < -0.39 is 0 Å². The molecule has 0 unspecified atom stereocenters. The largest absolute Gasteiger partial charge is 0.374 e.